The molecule has 0 aliphatic carbocycles. The van der Waals surface area contributed by atoms with Gasteiger partial charge in [0, 0.05) is 36.9 Å². The predicted molar refractivity (Wildman–Crippen MR) is 85.1 cm³/mol. The molecule has 0 bridgehead atoms. The minimum atomic E-state index is -1.79. The molecule has 3 nitrogen and oxygen atoms in total. The van der Waals surface area contributed by atoms with E-state index >= 15 is 0 Å². The normalized spacial score (nSPS) is 18.0. The molecule has 0 aliphatic heterocycles. The standard InChI is InChI=1S/C9H15Cl6O3P/c10-4-1-7(13)16-19(17-8(14)2-5-11)18-9(15)3-6-12/h7-9H,1-6H2. The molecular weight excluding hydrogens is 400 g/mol. The molecule has 116 valence electrons. The van der Waals surface area contributed by atoms with Crippen molar-refractivity contribution >= 4 is 78.2 Å². The van der Waals surface area contributed by atoms with Gasteiger partial charge in [-0.25, -0.2) is 0 Å². The quantitative estimate of drug-likeness (QED) is 0.296. The highest BCUT2D eigenvalue weighted by Gasteiger charge is 2.24. The molecule has 0 N–H and O–H groups in total. The van der Waals surface area contributed by atoms with Crippen LogP contribution in [0, 0.1) is 0 Å². The van der Waals surface area contributed by atoms with E-state index in [1.165, 1.54) is 0 Å². The zero-order chi connectivity index (χ0) is 14.7. The minimum Gasteiger partial charge on any atom is -0.293 e. The topological polar surface area (TPSA) is 27.7 Å². The van der Waals surface area contributed by atoms with Gasteiger partial charge in [-0.05, 0) is 0 Å². The van der Waals surface area contributed by atoms with Gasteiger partial charge in [0.2, 0.25) is 0 Å². The Kier molecular flexibility index (Phi) is 15.2. The average molecular weight is 415 g/mol. The maximum absolute atomic E-state index is 5.91. The zero-order valence-electron chi connectivity index (χ0n) is 9.91. The van der Waals surface area contributed by atoms with Crippen LogP contribution in [0.15, 0.2) is 0 Å². The molecule has 0 fully saturated rings. The van der Waals surface area contributed by atoms with Crippen LogP contribution in [0.25, 0.3) is 0 Å². The second-order valence-corrected chi connectivity index (χ2v) is 6.88. The molecule has 0 saturated carbocycles. The van der Waals surface area contributed by atoms with Gasteiger partial charge < -0.3 is 0 Å². The Morgan fingerprint density at radius 1 is 0.632 bits per heavy atom. The Morgan fingerprint density at radius 3 is 1.11 bits per heavy atom. The highest BCUT2D eigenvalue weighted by molar-refractivity contribution is 7.42. The lowest BCUT2D eigenvalue weighted by atomic mass is 10.5. The molecule has 19 heavy (non-hydrogen) atoms. The fraction of sp³-hybridized carbons (Fsp3) is 1.00. The minimum absolute atomic E-state index is 0.356. The van der Waals surface area contributed by atoms with Crippen molar-refractivity contribution in [3.8, 4) is 0 Å². The molecule has 0 aromatic rings. The molecule has 0 saturated heterocycles. The summed E-state index contributed by atoms with van der Waals surface area (Å²) in [7, 11) is -1.79. The van der Waals surface area contributed by atoms with Gasteiger partial charge in [0.1, 0.15) is 16.7 Å². The SMILES string of the molecule is ClCCC(Cl)OP(OC(Cl)CCCl)OC(Cl)CCCl. The second-order valence-electron chi connectivity index (χ2n) is 3.20. The first-order valence-electron chi connectivity index (χ1n) is 5.44. The van der Waals surface area contributed by atoms with Gasteiger partial charge in [-0.15, -0.1) is 34.8 Å². The van der Waals surface area contributed by atoms with E-state index in [1.807, 2.05) is 0 Å². The summed E-state index contributed by atoms with van der Waals surface area (Å²) in [6, 6.07) is 0. The summed E-state index contributed by atoms with van der Waals surface area (Å²) >= 11 is 34.4. The largest absolute Gasteiger partial charge is 0.337 e. The van der Waals surface area contributed by atoms with Crippen LogP contribution in [0.1, 0.15) is 19.3 Å². The van der Waals surface area contributed by atoms with Crippen LogP contribution in [0.3, 0.4) is 0 Å². The highest BCUT2D eigenvalue weighted by Crippen LogP contribution is 2.46. The fourth-order valence-electron chi connectivity index (χ4n) is 0.770. The fourth-order valence-corrected chi connectivity index (χ4v) is 3.64. The second kappa shape index (κ2) is 13.7. The van der Waals surface area contributed by atoms with Gasteiger partial charge in [0.15, 0.2) is 0 Å². The van der Waals surface area contributed by atoms with Gasteiger partial charge in [0.25, 0.3) is 0 Å². The number of alkyl halides is 6. The van der Waals surface area contributed by atoms with E-state index in [1.54, 1.807) is 0 Å². The molecule has 0 aliphatic rings. The highest BCUT2D eigenvalue weighted by atomic mass is 35.5. The van der Waals surface area contributed by atoms with Crippen molar-refractivity contribution in [3.63, 3.8) is 0 Å². The third-order valence-corrected chi connectivity index (χ3v) is 4.84. The number of hydrogen-bond acceptors (Lipinski definition) is 3. The van der Waals surface area contributed by atoms with Crippen molar-refractivity contribution in [2.45, 2.75) is 36.0 Å². The van der Waals surface area contributed by atoms with Crippen molar-refractivity contribution in [3.05, 3.63) is 0 Å². The third kappa shape index (κ3) is 12.3. The van der Waals surface area contributed by atoms with E-state index in [2.05, 4.69) is 0 Å². The summed E-state index contributed by atoms with van der Waals surface area (Å²) in [5, 5.41) is 0. The van der Waals surface area contributed by atoms with Gasteiger partial charge in [-0.1, -0.05) is 34.8 Å². The molecule has 0 heterocycles. The summed E-state index contributed by atoms with van der Waals surface area (Å²) in [4.78, 5) is 0. The molecule has 0 rings (SSSR count). The first kappa shape index (κ1) is 21.0. The first-order chi connectivity index (χ1) is 9.03. The summed E-state index contributed by atoms with van der Waals surface area (Å²) in [6.07, 6.45) is 1.33. The number of halogens is 6. The Labute approximate surface area is 145 Å². The van der Waals surface area contributed by atoms with E-state index in [0.29, 0.717) is 36.9 Å². The van der Waals surface area contributed by atoms with Crippen LogP contribution in [-0.2, 0) is 13.6 Å². The molecule has 10 heteroatoms. The van der Waals surface area contributed by atoms with Crippen molar-refractivity contribution in [1.82, 2.24) is 0 Å². The molecule has 0 aromatic carbocycles. The van der Waals surface area contributed by atoms with Crippen molar-refractivity contribution in [2.24, 2.45) is 0 Å². The molecule has 0 radical (unpaired) electrons. The van der Waals surface area contributed by atoms with Crippen LogP contribution in [0.5, 0.6) is 0 Å². The molecule has 0 amide bonds. The van der Waals surface area contributed by atoms with E-state index in [-0.39, 0.29) is 0 Å². The third-order valence-electron chi connectivity index (χ3n) is 1.61. The van der Waals surface area contributed by atoms with Gasteiger partial charge in [-0.2, -0.15) is 0 Å². The summed E-state index contributed by atoms with van der Waals surface area (Å²) < 4.78 is 16.1. The monoisotopic (exact) mass is 412 g/mol. The lowest BCUT2D eigenvalue weighted by Gasteiger charge is -2.23. The van der Waals surface area contributed by atoms with Crippen LogP contribution in [0.2, 0.25) is 0 Å². The van der Waals surface area contributed by atoms with Gasteiger partial charge in [-0.3, -0.25) is 13.6 Å². The van der Waals surface area contributed by atoms with Gasteiger partial charge >= 0.3 is 8.60 Å². The molecule has 0 aromatic heterocycles. The maximum Gasteiger partial charge on any atom is 0.337 e. The van der Waals surface area contributed by atoms with E-state index in [0.717, 1.165) is 0 Å². The van der Waals surface area contributed by atoms with E-state index in [4.69, 9.17) is 83.2 Å². The van der Waals surface area contributed by atoms with Crippen LogP contribution >= 0.6 is 78.2 Å². The Balaban J connectivity index is 4.28. The lowest BCUT2D eigenvalue weighted by Crippen LogP contribution is -2.12. The number of rotatable bonds is 12. The maximum atomic E-state index is 5.91. The Hall–Kier alpha value is 2.05. The van der Waals surface area contributed by atoms with Crippen molar-refractivity contribution in [1.29, 1.82) is 0 Å². The summed E-state index contributed by atoms with van der Waals surface area (Å²) in [5.74, 6) is 1.07. The lowest BCUT2D eigenvalue weighted by molar-refractivity contribution is 0.126. The molecule has 3 atom stereocenters. The zero-order valence-corrected chi connectivity index (χ0v) is 15.3. The smallest absolute Gasteiger partial charge is 0.293 e. The number of hydrogen-bond donors (Lipinski definition) is 0. The average Bonchev–Trinajstić information content (AvgIpc) is 2.29. The van der Waals surface area contributed by atoms with Crippen LogP contribution in [-0.4, -0.2) is 34.3 Å². The van der Waals surface area contributed by atoms with Crippen LogP contribution < -0.4 is 0 Å². The van der Waals surface area contributed by atoms with E-state index in [9.17, 15) is 0 Å². The molecule has 3 unspecified atom stereocenters. The summed E-state index contributed by atoms with van der Waals surface area (Å²) in [6.45, 7) is 0. The van der Waals surface area contributed by atoms with Crippen molar-refractivity contribution < 1.29 is 13.6 Å². The predicted octanol–water partition coefficient (Wildman–Crippen LogP) is 5.84. The first-order valence-corrected chi connectivity index (χ1v) is 9.44. The summed E-state index contributed by atoms with van der Waals surface area (Å²) in [5.41, 5.74) is -1.91. The molecular formula is C9H15Cl6O3P. The Bertz CT molecular complexity index is 183. The van der Waals surface area contributed by atoms with Crippen LogP contribution in [0.4, 0.5) is 0 Å². The van der Waals surface area contributed by atoms with E-state index < -0.39 is 25.3 Å². The van der Waals surface area contributed by atoms with Crippen molar-refractivity contribution in [2.75, 3.05) is 17.6 Å². The molecule has 0 spiro atoms. The van der Waals surface area contributed by atoms with Gasteiger partial charge in [0.05, 0.1) is 0 Å². The Morgan fingerprint density at radius 2 is 0.895 bits per heavy atom.